The predicted octanol–water partition coefficient (Wildman–Crippen LogP) is 2.73. The Morgan fingerprint density at radius 1 is 1.37 bits per heavy atom. The summed E-state index contributed by atoms with van der Waals surface area (Å²) in [5.74, 6) is 3.05. The molecule has 2 aromatic rings. The molecule has 0 radical (unpaired) electrons. The first-order chi connectivity index (χ1) is 8.97. The summed E-state index contributed by atoms with van der Waals surface area (Å²) in [6.07, 6.45) is 3.75. The van der Waals surface area contributed by atoms with Gasteiger partial charge in [0.2, 0.25) is 0 Å². The van der Waals surface area contributed by atoms with Crippen molar-refractivity contribution >= 4 is 21.7 Å². The fraction of sp³-hybridized carbons (Fsp3) is 0.462. The van der Waals surface area contributed by atoms with Crippen LogP contribution in [0.2, 0.25) is 0 Å². The highest BCUT2D eigenvalue weighted by atomic mass is 79.9. The molecule has 0 aromatic carbocycles. The van der Waals surface area contributed by atoms with Crippen molar-refractivity contribution in [3.8, 4) is 0 Å². The first kappa shape index (κ1) is 14.0. The molecule has 5 nitrogen and oxygen atoms in total. The first-order valence-electron chi connectivity index (χ1n) is 6.19. The monoisotopic (exact) mass is 323 g/mol. The Labute approximate surface area is 121 Å². The summed E-state index contributed by atoms with van der Waals surface area (Å²) in [6, 6.07) is 1.93. The Morgan fingerprint density at radius 3 is 2.68 bits per heavy atom. The summed E-state index contributed by atoms with van der Waals surface area (Å²) < 4.78 is 2.82. The fourth-order valence-corrected chi connectivity index (χ4v) is 2.11. The van der Waals surface area contributed by atoms with Crippen molar-refractivity contribution in [3.63, 3.8) is 0 Å². The lowest BCUT2D eigenvalue weighted by Crippen LogP contribution is -2.21. The van der Waals surface area contributed by atoms with E-state index in [9.17, 15) is 0 Å². The van der Waals surface area contributed by atoms with Gasteiger partial charge in [-0.2, -0.15) is 0 Å². The molecule has 0 saturated carbocycles. The largest absolute Gasteiger partial charge is 0.352 e. The lowest BCUT2D eigenvalue weighted by molar-refractivity contribution is 0.732. The van der Waals surface area contributed by atoms with Gasteiger partial charge in [-0.05, 0) is 15.9 Å². The molecule has 0 N–H and O–H groups in total. The molecule has 6 heteroatoms. The van der Waals surface area contributed by atoms with Gasteiger partial charge in [-0.15, -0.1) is 0 Å². The van der Waals surface area contributed by atoms with Crippen molar-refractivity contribution in [2.24, 2.45) is 7.05 Å². The zero-order valence-electron chi connectivity index (χ0n) is 11.6. The summed E-state index contributed by atoms with van der Waals surface area (Å²) in [5, 5.41) is 0. The minimum Gasteiger partial charge on any atom is -0.352 e. The van der Waals surface area contributed by atoms with Crippen molar-refractivity contribution < 1.29 is 0 Å². The maximum Gasteiger partial charge on any atom is 0.134 e. The minimum absolute atomic E-state index is 0.304. The molecule has 102 valence electrons. The minimum atomic E-state index is 0.304. The molecule has 0 aliphatic carbocycles. The van der Waals surface area contributed by atoms with Crippen LogP contribution in [0.4, 0.5) is 5.82 Å². The highest BCUT2D eigenvalue weighted by Gasteiger charge is 2.11. The first-order valence-corrected chi connectivity index (χ1v) is 6.98. The standard InChI is InChI=1S/C13H18BrN5/c1-9(2)13-16-10(14)7-11(17-13)19(4)8-12-15-5-6-18(12)3/h5-7,9H,8H2,1-4H3. The van der Waals surface area contributed by atoms with Crippen LogP contribution in [-0.4, -0.2) is 26.6 Å². The molecule has 0 aliphatic rings. The number of anilines is 1. The number of halogens is 1. The van der Waals surface area contributed by atoms with Crippen LogP contribution in [0.15, 0.2) is 23.1 Å². The molecule has 0 fully saturated rings. The average Bonchev–Trinajstić information content (AvgIpc) is 2.74. The van der Waals surface area contributed by atoms with E-state index in [1.165, 1.54) is 0 Å². The van der Waals surface area contributed by atoms with Crippen LogP contribution in [0.3, 0.4) is 0 Å². The third-order valence-electron chi connectivity index (χ3n) is 2.91. The van der Waals surface area contributed by atoms with Gasteiger partial charge in [0.25, 0.3) is 0 Å². The van der Waals surface area contributed by atoms with Crippen LogP contribution in [0.1, 0.15) is 31.4 Å². The Hall–Kier alpha value is -1.43. The smallest absolute Gasteiger partial charge is 0.134 e. The Morgan fingerprint density at radius 2 is 2.11 bits per heavy atom. The number of rotatable bonds is 4. The van der Waals surface area contributed by atoms with Gasteiger partial charge in [-0.3, -0.25) is 0 Å². The average molecular weight is 324 g/mol. The number of aromatic nitrogens is 4. The Bertz CT molecular complexity index is 564. The predicted molar refractivity (Wildman–Crippen MR) is 79.1 cm³/mol. The second kappa shape index (κ2) is 5.69. The third-order valence-corrected chi connectivity index (χ3v) is 3.31. The zero-order valence-corrected chi connectivity index (χ0v) is 13.2. The number of hydrogen-bond donors (Lipinski definition) is 0. The molecule has 2 aromatic heterocycles. The van der Waals surface area contributed by atoms with Gasteiger partial charge in [-0.25, -0.2) is 15.0 Å². The Kier molecular flexibility index (Phi) is 4.19. The quantitative estimate of drug-likeness (QED) is 0.812. The maximum absolute atomic E-state index is 4.59. The third kappa shape index (κ3) is 3.32. The number of nitrogens with zero attached hydrogens (tertiary/aromatic N) is 5. The van der Waals surface area contributed by atoms with E-state index in [1.54, 1.807) is 6.20 Å². The fourth-order valence-electron chi connectivity index (χ4n) is 1.72. The second-order valence-electron chi connectivity index (χ2n) is 4.87. The van der Waals surface area contributed by atoms with Crippen molar-refractivity contribution in [1.29, 1.82) is 0 Å². The van der Waals surface area contributed by atoms with E-state index in [0.717, 1.165) is 22.1 Å². The number of aryl methyl sites for hydroxylation is 1. The van der Waals surface area contributed by atoms with Crippen molar-refractivity contribution in [3.05, 3.63) is 34.7 Å². The van der Waals surface area contributed by atoms with Crippen molar-refractivity contribution in [2.45, 2.75) is 26.3 Å². The van der Waals surface area contributed by atoms with E-state index >= 15 is 0 Å². The normalized spacial score (nSPS) is 11.1. The number of imidazole rings is 1. The van der Waals surface area contributed by atoms with E-state index in [-0.39, 0.29) is 0 Å². The lowest BCUT2D eigenvalue weighted by atomic mass is 10.2. The van der Waals surface area contributed by atoms with E-state index in [2.05, 4.69) is 49.6 Å². The Balaban J connectivity index is 2.23. The molecule has 0 bridgehead atoms. The van der Waals surface area contributed by atoms with Gasteiger partial charge in [0.05, 0.1) is 6.54 Å². The summed E-state index contributed by atoms with van der Waals surface area (Å²) >= 11 is 3.44. The molecule has 0 saturated heterocycles. The lowest BCUT2D eigenvalue weighted by Gasteiger charge is -2.19. The van der Waals surface area contributed by atoms with Gasteiger partial charge in [0.1, 0.15) is 22.1 Å². The SMILES string of the molecule is CC(C)c1nc(Br)cc(N(C)Cc2nccn2C)n1. The van der Waals surface area contributed by atoms with E-state index in [1.807, 2.05) is 30.9 Å². The van der Waals surface area contributed by atoms with E-state index < -0.39 is 0 Å². The van der Waals surface area contributed by atoms with Gasteiger partial charge >= 0.3 is 0 Å². The molecule has 0 atom stereocenters. The van der Waals surface area contributed by atoms with Crippen LogP contribution >= 0.6 is 15.9 Å². The number of hydrogen-bond acceptors (Lipinski definition) is 4. The van der Waals surface area contributed by atoms with Crippen LogP contribution in [0.5, 0.6) is 0 Å². The molecule has 0 amide bonds. The highest BCUT2D eigenvalue weighted by Crippen LogP contribution is 2.20. The molecule has 2 rings (SSSR count). The summed E-state index contributed by atoms with van der Waals surface area (Å²) in [4.78, 5) is 15.4. The van der Waals surface area contributed by atoms with E-state index in [4.69, 9.17) is 0 Å². The second-order valence-corrected chi connectivity index (χ2v) is 5.68. The van der Waals surface area contributed by atoms with Crippen LogP contribution in [-0.2, 0) is 13.6 Å². The molecular weight excluding hydrogens is 306 g/mol. The van der Waals surface area contributed by atoms with Crippen LogP contribution < -0.4 is 4.90 Å². The molecule has 0 aliphatic heterocycles. The summed E-state index contributed by atoms with van der Waals surface area (Å²) in [5.41, 5.74) is 0. The van der Waals surface area contributed by atoms with Gasteiger partial charge in [0, 0.05) is 38.5 Å². The van der Waals surface area contributed by atoms with Crippen LogP contribution in [0.25, 0.3) is 0 Å². The summed E-state index contributed by atoms with van der Waals surface area (Å²) in [6.45, 7) is 4.89. The molecule has 0 unspecified atom stereocenters. The maximum atomic E-state index is 4.59. The highest BCUT2D eigenvalue weighted by molar-refractivity contribution is 9.10. The molecule has 0 spiro atoms. The van der Waals surface area contributed by atoms with Gasteiger partial charge < -0.3 is 9.47 Å². The van der Waals surface area contributed by atoms with E-state index in [0.29, 0.717) is 12.5 Å². The molecule has 19 heavy (non-hydrogen) atoms. The topological polar surface area (TPSA) is 46.8 Å². The van der Waals surface area contributed by atoms with Crippen LogP contribution in [0, 0.1) is 0 Å². The van der Waals surface area contributed by atoms with Gasteiger partial charge in [0.15, 0.2) is 0 Å². The molecular formula is C13H18BrN5. The molecule has 2 heterocycles. The van der Waals surface area contributed by atoms with Crippen molar-refractivity contribution in [1.82, 2.24) is 19.5 Å². The zero-order chi connectivity index (χ0) is 14.0. The van der Waals surface area contributed by atoms with Crippen molar-refractivity contribution in [2.75, 3.05) is 11.9 Å². The van der Waals surface area contributed by atoms with Gasteiger partial charge in [-0.1, -0.05) is 13.8 Å². The summed E-state index contributed by atoms with van der Waals surface area (Å²) in [7, 11) is 4.00.